The molecular weight excluding hydrogens is 358 g/mol. The van der Waals surface area contributed by atoms with E-state index in [1.807, 2.05) is 9.80 Å². The molecule has 0 spiro atoms. The van der Waals surface area contributed by atoms with E-state index in [1.54, 1.807) is 24.3 Å². The van der Waals surface area contributed by atoms with Gasteiger partial charge in [-0.25, -0.2) is 0 Å². The second kappa shape index (κ2) is 7.73. The van der Waals surface area contributed by atoms with Crippen molar-refractivity contribution in [1.82, 2.24) is 14.7 Å². The molecule has 4 rings (SSSR count). The fourth-order valence-corrected chi connectivity index (χ4v) is 3.96. The van der Waals surface area contributed by atoms with Crippen LogP contribution in [-0.4, -0.2) is 71.1 Å². The van der Waals surface area contributed by atoms with Gasteiger partial charge in [0, 0.05) is 45.1 Å². The minimum absolute atomic E-state index is 0.0253. The summed E-state index contributed by atoms with van der Waals surface area (Å²) in [6.07, 6.45) is 3.53. The van der Waals surface area contributed by atoms with Crippen LogP contribution in [0.5, 0.6) is 0 Å². The Morgan fingerprint density at radius 1 is 0.893 bits per heavy atom. The lowest BCUT2D eigenvalue weighted by Gasteiger charge is -2.22. The first-order chi connectivity index (χ1) is 13.6. The van der Waals surface area contributed by atoms with Crippen LogP contribution in [0.4, 0.5) is 0 Å². The monoisotopic (exact) mass is 383 g/mol. The number of rotatable bonds is 5. The van der Waals surface area contributed by atoms with Gasteiger partial charge < -0.3 is 9.80 Å². The molecule has 2 fully saturated rings. The van der Waals surface area contributed by atoms with Crippen LogP contribution in [-0.2, 0) is 9.59 Å². The molecule has 0 N–H and O–H groups in total. The lowest BCUT2D eigenvalue weighted by molar-refractivity contribution is -0.134. The van der Waals surface area contributed by atoms with Crippen LogP contribution in [0.15, 0.2) is 24.3 Å². The zero-order chi connectivity index (χ0) is 19.7. The summed E-state index contributed by atoms with van der Waals surface area (Å²) in [7, 11) is 0. The summed E-state index contributed by atoms with van der Waals surface area (Å²) < 4.78 is 0. The number of amides is 4. The minimum atomic E-state index is -0.281. The average Bonchev–Trinajstić information content (AvgIpc) is 3.54. The molecule has 7 nitrogen and oxygen atoms in total. The van der Waals surface area contributed by atoms with Crippen molar-refractivity contribution in [2.75, 3.05) is 32.7 Å². The molecule has 3 aliphatic rings. The summed E-state index contributed by atoms with van der Waals surface area (Å²) >= 11 is 0. The Hall–Kier alpha value is -2.70. The van der Waals surface area contributed by atoms with Crippen LogP contribution in [0.3, 0.4) is 0 Å². The molecule has 1 aliphatic carbocycles. The number of carbonyl (C=O) groups excluding carboxylic acids is 4. The topological polar surface area (TPSA) is 78.0 Å². The summed E-state index contributed by atoms with van der Waals surface area (Å²) in [5.41, 5.74) is 0.874. The predicted octanol–water partition coefficient (Wildman–Crippen LogP) is 1.53. The first-order valence-electron chi connectivity index (χ1n) is 10.1. The molecule has 1 saturated carbocycles. The summed E-state index contributed by atoms with van der Waals surface area (Å²) in [5.74, 6) is -0.0896. The minimum Gasteiger partial charge on any atom is -0.341 e. The van der Waals surface area contributed by atoms with Gasteiger partial charge >= 0.3 is 0 Å². The third-order valence-corrected chi connectivity index (χ3v) is 5.74. The van der Waals surface area contributed by atoms with E-state index in [4.69, 9.17) is 0 Å². The maximum atomic E-state index is 12.6. The van der Waals surface area contributed by atoms with E-state index in [9.17, 15) is 19.2 Å². The van der Waals surface area contributed by atoms with E-state index in [2.05, 4.69) is 0 Å². The predicted molar refractivity (Wildman–Crippen MR) is 102 cm³/mol. The van der Waals surface area contributed by atoms with Crippen molar-refractivity contribution in [2.45, 2.75) is 32.1 Å². The van der Waals surface area contributed by atoms with Crippen LogP contribution in [0, 0.1) is 5.92 Å². The Morgan fingerprint density at radius 2 is 1.50 bits per heavy atom. The van der Waals surface area contributed by atoms with Crippen LogP contribution < -0.4 is 0 Å². The molecule has 2 heterocycles. The molecule has 2 aliphatic heterocycles. The standard InChI is InChI=1S/C21H25N3O4/c25-18(22-10-4-11-23(14-13-22)19(26)15-8-9-15)7-3-12-24-20(27)16-5-1-2-6-17(16)21(24)28/h1-2,5-6,15H,3-4,7-14H2. The quantitative estimate of drug-likeness (QED) is 0.723. The smallest absolute Gasteiger partial charge is 0.261 e. The summed E-state index contributed by atoms with van der Waals surface area (Å²) in [5, 5.41) is 0. The molecular formula is C21H25N3O4. The van der Waals surface area contributed by atoms with E-state index in [1.165, 1.54) is 4.90 Å². The summed E-state index contributed by atoms with van der Waals surface area (Å²) in [6, 6.07) is 6.81. The van der Waals surface area contributed by atoms with E-state index in [0.29, 0.717) is 50.1 Å². The number of hydrogen-bond donors (Lipinski definition) is 0. The molecule has 0 radical (unpaired) electrons. The lowest BCUT2D eigenvalue weighted by Crippen LogP contribution is -2.38. The van der Waals surface area contributed by atoms with E-state index in [0.717, 1.165) is 19.3 Å². The molecule has 0 aromatic heterocycles. The van der Waals surface area contributed by atoms with Crippen molar-refractivity contribution >= 4 is 23.6 Å². The molecule has 1 aromatic carbocycles. The molecule has 28 heavy (non-hydrogen) atoms. The number of carbonyl (C=O) groups is 4. The van der Waals surface area contributed by atoms with Crippen LogP contribution >= 0.6 is 0 Å². The second-order valence-electron chi connectivity index (χ2n) is 7.74. The Bertz CT molecular complexity index is 783. The molecule has 0 bridgehead atoms. The molecule has 1 saturated heterocycles. The van der Waals surface area contributed by atoms with Crippen molar-refractivity contribution in [3.05, 3.63) is 35.4 Å². The van der Waals surface area contributed by atoms with E-state index in [-0.39, 0.29) is 36.1 Å². The van der Waals surface area contributed by atoms with Gasteiger partial charge in [-0.3, -0.25) is 24.1 Å². The highest BCUT2D eigenvalue weighted by atomic mass is 16.2. The SMILES string of the molecule is O=C(CCCN1C(=O)c2ccccc2C1=O)N1CCCN(C(=O)C2CC2)CC1. The van der Waals surface area contributed by atoms with Gasteiger partial charge in [-0.15, -0.1) is 0 Å². The number of fused-ring (bicyclic) bond motifs is 1. The third-order valence-electron chi connectivity index (χ3n) is 5.74. The van der Waals surface area contributed by atoms with Gasteiger partial charge in [-0.05, 0) is 37.8 Å². The highest BCUT2D eigenvalue weighted by Gasteiger charge is 2.35. The highest BCUT2D eigenvalue weighted by molar-refractivity contribution is 6.21. The first-order valence-corrected chi connectivity index (χ1v) is 10.1. The van der Waals surface area contributed by atoms with Gasteiger partial charge in [0.25, 0.3) is 11.8 Å². The molecule has 7 heteroatoms. The van der Waals surface area contributed by atoms with Gasteiger partial charge in [-0.1, -0.05) is 12.1 Å². The van der Waals surface area contributed by atoms with Crippen LogP contribution in [0.25, 0.3) is 0 Å². The van der Waals surface area contributed by atoms with Crippen LogP contribution in [0.1, 0.15) is 52.8 Å². The fraction of sp³-hybridized carbons (Fsp3) is 0.524. The largest absolute Gasteiger partial charge is 0.341 e. The van der Waals surface area contributed by atoms with Crippen molar-refractivity contribution in [3.63, 3.8) is 0 Å². The van der Waals surface area contributed by atoms with Crippen molar-refractivity contribution in [2.24, 2.45) is 5.92 Å². The van der Waals surface area contributed by atoms with Gasteiger partial charge in [0.05, 0.1) is 11.1 Å². The molecule has 4 amide bonds. The zero-order valence-corrected chi connectivity index (χ0v) is 15.9. The fourth-order valence-electron chi connectivity index (χ4n) is 3.96. The summed E-state index contributed by atoms with van der Waals surface area (Å²) in [4.78, 5) is 54.4. The number of nitrogens with zero attached hydrogens (tertiary/aromatic N) is 3. The van der Waals surface area contributed by atoms with Gasteiger partial charge in [0.15, 0.2) is 0 Å². The molecule has 1 aromatic rings. The first kappa shape index (κ1) is 18.7. The van der Waals surface area contributed by atoms with Crippen molar-refractivity contribution in [1.29, 1.82) is 0 Å². The van der Waals surface area contributed by atoms with Gasteiger partial charge in [0.2, 0.25) is 11.8 Å². The Labute approximate surface area is 164 Å². The van der Waals surface area contributed by atoms with Crippen molar-refractivity contribution in [3.8, 4) is 0 Å². The van der Waals surface area contributed by atoms with E-state index >= 15 is 0 Å². The number of benzene rings is 1. The molecule has 0 unspecified atom stereocenters. The normalized spacial score (nSPS) is 19.6. The lowest BCUT2D eigenvalue weighted by atomic mass is 10.1. The Balaban J connectivity index is 1.25. The average molecular weight is 383 g/mol. The third kappa shape index (κ3) is 3.66. The highest BCUT2D eigenvalue weighted by Crippen LogP contribution is 2.31. The zero-order valence-electron chi connectivity index (χ0n) is 15.9. The van der Waals surface area contributed by atoms with Gasteiger partial charge in [-0.2, -0.15) is 0 Å². The molecule has 148 valence electrons. The number of hydrogen-bond acceptors (Lipinski definition) is 4. The van der Waals surface area contributed by atoms with Crippen molar-refractivity contribution < 1.29 is 19.2 Å². The maximum absolute atomic E-state index is 12.6. The Morgan fingerprint density at radius 3 is 2.14 bits per heavy atom. The maximum Gasteiger partial charge on any atom is 0.261 e. The second-order valence-corrected chi connectivity index (χ2v) is 7.74. The summed E-state index contributed by atoms with van der Waals surface area (Å²) in [6.45, 7) is 2.77. The van der Waals surface area contributed by atoms with E-state index < -0.39 is 0 Å². The van der Waals surface area contributed by atoms with Gasteiger partial charge in [0.1, 0.15) is 0 Å². The number of imide groups is 1. The molecule has 0 atom stereocenters. The van der Waals surface area contributed by atoms with Crippen LogP contribution in [0.2, 0.25) is 0 Å². The Kier molecular flexibility index (Phi) is 5.15.